The first-order chi connectivity index (χ1) is 6.25. The van der Waals surface area contributed by atoms with Crippen LogP contribution in [0.25, 0.3) is 0 Å². The van der Waals surface area contributed by atoms with Gasteiger partial charge in [-0.15, -0.1) is 0 Å². The summed E-state index contributed by atoms with van der Waals surface area (Å²) in [6.45, 7) is 3.53. The second-order valence-electron chi connectivity index (χ2n) is 4.60. The highest BCUT2D eigenvalue weighted by molar-refractivity contribution is 4.86. The zero-order chi connectivity index (χ0) is 9.26. The van der Waals surface area contributed by atoms with Crippen molar-refractivity contribution in [3.05, 3.63) is 0 Å². The van der Waals surface area contributed by atoms with Crippen LogP contribution in [0.15, 0.2) is 0 Å². The highest BCUT2D eigenvalue weighted by Crippen LogP contribution is 2.19. The molecule has 3 heteroatoms. The van der Waals surface area contributed by atoms with Gasteiger partial charge < -0.3 is 15.3 Å². The lowest BCUT2D eigenvalue weighted by Gasteiger charge is -2.37. The van der Waals surface area contributed by atoms with Crippen LogP contribution < -0.4 is 5.32 Å². The van der Waals surface area contributed by atoms with E-state index in [2.05, 4.69) is 17.3 Å². The number of hydrogen-bond acceptors (Lipinski definition) is 3. The molecule has 0 unspecified atom stereocenters. The van der Waals surface area contributed by atoms with Crippen LogP contribution in [-0.4, -0.2) is 48.8 Å². The highest BCUT2D eigenvalue weighted by atomic mass is 16.3. The van der Waals surface area contributed by atoms with Crippen LogP contribution in [0.1, 0.15) is 19.3 Å². The van der Waals surface area contributed by atoms with Crippen molar-refractivity contribution in [2.45, 2.75) is 31.4 Å². The van der Waals surface area contributed by atoms with E-state index in [0.717, 1.165) is 25.3 Å². The van der Waals surface area contributed by atoms with Crippen LogP contribution in [0, 0.1) is 5.92 Å². The van der Waals surface area contributed by atoms with Gasteiger partial charge in [0, 0.05) is 25.7 Å². The zero-order valence-electron chi connectivity index (χ0n) is 8.37. The highest BCUT2D eigenvalue weighted by Gasteiger charge is 2.28. The van der Waals surface area contributed by atoms with Crippen molar-refractivity contribution < 1.29 is 5.11 Å². The molecule has 2 aliphatic rings. The number of nitrogens with one attached hydrogen (secondary N) is 1. The van der Waals surface area contributed by atoms with Crippen LogP contribution in [0.4, 0.5) is 0 Å². The molecule has 2 N–H and O–H groups in total. The van der Waals surface area contributed by atoms with Crippen LogP contribution in [0.3, 0.4) is 0 Å². The molecule has 2 rings (SSSR count). The van der Waals surface area contributed by atoms with Gasteiger partial charge in [-0.05, 0) is 32.2 Å². The third-order valence-corrected chi connectivity index (χ3v) is 3.29. The minimum absolute atomic E-state index is 0.0854. The van der Waals surface area contributed by atoms with E-state index in [1.165, 1.54) is 19.5 Å². The molecular formula is C10H20N2O. The molecule has 3 nitrogen and oxygen atoms in total. The number of aliphatic hydroxyl groups excluding tert-OH is 1. The van der Waals surface area contributed by atoms with E-state index in [-0.39, 0.29) is 6.10 Å². The molecule has 13 heavy (non-hydrogen) atoms. The summed E-state index contributed by atoms with van der Waals surface area (Å²) in [7, 11) is 2.15. The molecular weight excluding hydrogens is 164 g/mol. The van der Waals surface area contributed by atoms with Crippen molar-refractivity contribution in [3.8, 4) is 0 Å². The van der Waals surface area contributed by atoms with Gasteiger partial charge in [0.2, 0.25) is 0 Å². The zero-order valence-corrected chi connectivity index (χ0v) is 8.37. The number of aliphatic hydroxyl groups is 1. The van der Waals surface area contributed by atoms with Crippen LogP contribution in [-0.2, 0) is 0 Å². The van der Waals surface area contributed by atoms with Crippen molar-refractivity contribution in [1.82, 2.24) is 10.2 Å². The Bertz CT molecular complexity index is 168. The Morgan fingerprint density at radius 2 is 2.15 bits per heavy atom. The van der Waals surface area contributed by atoms with Crippen LogP contribution in [0.5, 0.6) is 0 Å². The average Bonchev–Trinajstić information content (AvgIpc) is 2.43. The quantitative estimate of drug-likeness (QED) is 0.650. The normalized spacial score (nSPS) is 36.5. The SMILES string of the molecule is CN1CC(CN[C@H]2CCC[C@@H]2O)C1. The predicted molar refractivity (Wildman–Crippen MR) is 52.6 cm³/mol. The Morgan fingerprint density at radius 3 is 2.69 bits per heavy atom. The molecule has 1 aliphatic heterocycles. The molecule has 76 valence electrons. The summed E-state index contributed by atoms with van der Waals surface area (Å²) in [5.74, 6) is 0.817. The van der Waals surface area contributed by atoms with Crippen molar-refractivity contribution in [2.24, 2.45) is 5.92 Å². The molecule has 0 aromatic rings. The summed E-state index contributed by atoms with van der Waals surface area (Å²) >= 11 is 0. The van der Waals surface area contributed by atoms with Crippen molar-refractivity contribution in [2.75, 3.05) is 26.7 Å². The Balaban J connectivity index is 1.62. The molecule has 1 heterocycles. The first-order valence-corrected chi connectivity index (χ1v) is 5.35. The van der Waals surface area contributed by atoms with Gasteiger partial charge >= 0.3 is 0 Å². The number of likely N-dealkylation sites (tertiary alicyclic amines) is 1. The van der Waals surface area contributed by atoms with E-state index in [4.69, 9.17) is 0 Å². The maximum absolute atomic E-state index is 9.57. The lowest BCUT2D eigenvalue weighted by atomic mass is 10.0. The van der Waals surface area contributed by atoms with Crippen LogP contribution >= 0.6 is 0 Å². The summed E-state index contributed by atoms with van der Waals surface area (Å²) in [4.78, 5) is 2.33. The summed E-state index contributed by atoms with van der Waals surface area (Å²) in [5.41, 5.74) is 0. The Kier molecular flexibility index (Phi) is 2.86. The number of nitrogens with zero attached hydrogens (tertiary/aromatic N) is 1. The monoisotopic (exact) mass is 184 g/mol. The van der Waals surface area contributed by atoms with E-state index in [1.807, 2.05) is 0 Å². The van der Waals surface area contributed by atoms with Crippen molar-refractivity contribution in [1.29, 1.82) is 0 Å². The van der Waals surface area contributed by atoms with Crippen LogP contribution in [0.2, 0.25) is 0 Å². The minimum Gasteiger partial charge on any atom is -0.392 e. The second kappa shape index (κ2) is 3.95. The molecule has 1 saturated heterocycles. The summed E-state index contributed by atoms with van der Waals surface area (Å²) in [6.07, 6.45) is 3.24. The number of hydrogen-bond donors (Lipinski definition) is 2. The molecule has 0 amide bonds. The maximum atomic E-state index is 9.57. The van der Waals surface area contributed by atoms with Gasteiger partial charge in [-0.25, -0.2) is 0 Å². The van der Waals surface area contributed by atoms with Gasteiger partial charge in [0.05, 0.1) is 6.10 Å². The van der Waals surface area contributed by atoms with Crippen molar-refractivity contribution >= 4 is 0 Å². The molecule has 2 fully saturated rings. The molecule has 0 spiro atoms. The van der Waals surface area contributed by atoms with Gasteiger partial charge in [-0.2, -0.15) is 0 Å². The average molecular weight is 184 g/mol. The Morgan fingerprint density at radius 1 is 1.38 bits per heavy atom. The van der Waals surface area contributed by atoms with Crippen molar-refractivity contribution in [3.63, 3.8) is 0 Å². The van der Waals surface area contributed by atoms with E-state index < -0.39 is 0 Å². The molecule has 1 aliphatic carbocycles. The minimum atomic E-state index is -0.0854. The second-order valence-corrected chi connectivity index (χ2v) is 4.60. The molecule has 1 saturated carbocycles. The lowest BCUT2D eigenvalue weighted by molar-refractivity contribution is 0.111. The third-order valence-electron chi connectivity index (χ3n) is 3.29. The molecule has 2 atom stereocenters. The van der Waals surface area contributed by atoms with E-state index in [0.29, 0.717) is 6.04 Å². The smallest absolute Gasteiger partial charge is 0.0693 e. The fraction of sp³-hybridized carbons (Fsp3) is 1.00. The summed E-state index contributed by atoms with van der Waals surface area (Å²) in [5, 5.41) is 13.0. The first-order valence-electron chi connectivity index (χ1n) is 5.35. The summed E-state index contributed by atoms with van der Waals surface area (Å²) < 4.78 is 0. The predicted octanol–water partition coefficient (Wildman–Crippen LogP) is 0.0510. The number of rotatable bonds is 3. The maximum Gasteiger partial charge on any atom is 0.0693 e. The third kappa shape index (κ3) is 2.22. The molecule has 0 bridgehead atoms. The van der Waals surface area contributed by atoms with E-state index in [9.17, 15) is 5.11 Å². The lowest BCUT2D eigenvalue weighted by Crippen LogP contribution is -2.50. The first kappa shape index (κ1) is 9.44. The van der Waals surface area contributed by atoms with E-state index >= 15 is 0 Å². The fourth-order valence-corrected chi connectivity index (χ4v) is 2.45. The Hall–Kier alpha value is -0.120. The summed E-state index contributed by atoms with van der Waals surface area (Å²) in [6, 6.07) is 0.380. The Labute approximate surface area is 80.1 Å². The molecule has 0 aromatic heterocycles. The van der Waals surface area contributed by atoms with Gasteiger partial charge in [0.1, 0.15) is 0 Å². The standard InChI is InChI=1S/C10H20N2O/c1-12-6-8(7-12)5-11-9-3-2-4-10(9)13/h8-11,13H,2-7H2,1H3/t9-,10-/m0/s1. The van der Waals surface area contributed by atoms with Gasteiger partial charge in [-0.3, -0.25) is 0 Å². The largest absolute Gasteiger partial charge is 0.392 e. The van der Waals surface area contributed by atoms with Gasteiger partial charge in [0.25, 0.3) is 0 Å². The topological polar surface area (TPSA) is 35.5 Å². The van der Waals surface area contributed by atoms with Gasteiger partial charge in [0.15, 0.2) is 0 Å². The molecule has 0 radical (unpaired) electrons. The van der Waals surface area contributed by atoms with Gasteiger partial charge in [-0.1, -0.05) is 0 Å². The fourth-order valence-electron chi connectivity index (χ4n) is 2.45. The molecule has 0 aromatic carbocycles. The van der Waals surface area contributed by atoms with E-state index in [1.54, 1.807) is 0 Å².